The average Bonchev–Trinajstić information content (AvgIpc) is 2.19. The second kappa shape index (κ2) is 5.73. The molecule has 0 radical (unpaired) electrons. The second-order valence-corrected chi connectivity index (χ2v) is 3.62. The molecule has 1 unspecified atom stereocenters. The van der Waals surface area contributed by atoms with Crippen molar-refractivity contribution in [2.45, 2.75) is 26.0 Å². The van der Waals surface area contributed by atoms with Crippen molar-refractivity contribution < 1.29 is 5.11 Å². The lowest BCUT2D eigenvalue weighted by molar-refractivity contribution is 0.119. The highest BCUT2D eigenvalue weighted by Crippen LogP contribution is 2.02. The van der Waals surface area contributed by atoms with E-state index >= 15 is 0 Å². The van der Waals surface area contributed by atoms with Gasteiger partial charge in [0.25, 0.3) is 0 Å². The van der Waals surface area contributed by atoms with E-state index in [1.165, 1.54) is 5.56 Å². The molecule has 0 fully saturated rings. The first-order valence-electron chi connectivity index (χ1n) is 4.98. The van der Waals surface area contributed by atoms with E-state index in [4.69, 9.17) is 0 Å². The third kappa shape index (κ3) is 3.85. The topological polar surface area (TPSA) is 36.4 Å². The van der Waals surface area contributed by atoms with Crippen LogP contribution < -0.4 is 0 Å². The zero-order valence-electron chi connectivity index (χ0n) is 8.85. The molecule has 1 heterocycles. The van der Waals surface area contributed by atoms with Crippen LogP contribution in [0.2, 0.25) is 0 Å². The summed E-state index contributed by atoms with van der Waals surface area (Å²) in [5, 5.41) is 9.45. The lowest BCUT2D eigenvalue weighted by atomic mass is 10.2. The summed E-state index contributed by atoms with van der Waals surface area (Å²) in [6.45, 7) is 3.54. The van der Waals surface area contributed by atoms with Gasteiger partial charge in [0.05, 0.1) is 6.10 Å². The van der Waals surface area contributed by atoms with Crippen molar-refractivity contribution in [3.8, 4) is 0 Å². The molecule has 0 aliphatic rings. The molecule has 0 aliphatic carbocycles. The number of aliphatic hydroxyl groups is 1. The van der Waals surface area contributed by atoms with Crippen LogP contribution in [0.4, 0.5) is 0 Å². The number of likely N-dealkylation sites (N-methyl/N-ethyl adjacent to an activating group) is 1. The zero-order valence-corrected chi connectivity index (χ0v) is 8.85. The Balaban J connectivity index is 2.37. The monoisotopic (exact) mass is 194 g/mol. The van der Waals surface area contributed by atoms with Gasteiger partial charge in [0, 0.05) is 25.5 Å². The fourth-order valence-electron chi connectivity index (χ4n) is 1.36. The Bertz CT molecular complexity index is 251. The number of hydrogen-bond donors (Lipinski definition) is 1. The summed E-state index contributed by atoms with van der Waals surface area (Å²) in [5.74, 6) is 0. The standard InChI is InChI=1S/C11H18N2O/c1-3-11(14)9-13(2)8-10-5-4-6-12-7-10/h4-7,11,14H,3,8-9H2,1-2H3. The number of nitrogens with zero attached hydrogens (tertiary/aromatic N) is 2. The van der Waals surface area contributed by atoms with Crippen molar-refractivity contribution in [2.24, 2.45) is 0 Å². The normalized spacial score (nSPS) is 13.1. The van der Waals surface area contributed by atoms with E-state index in [0.29, 0.717) is 6.54 Å². The van der Waals surface area contributed by atoms with Gasteiger partial charge >= 0.3 is 0 Å². The van der Waals surface area contributed by atoms with Gasteiger partial charge in [0.15, 0.2) is 0 Å². The maximum Gasteiger partial charge on any atom is 0.0664 e. The average molecular weight is 194 g/mol. The van der Waals surface area contributed by atoms with Crippen LogP contribution in [0.5, 0.6) is 0 Å². The summed E-state index contributed by atoms with van der Waals surface area (Å²) in [5.41, 5.74) is 1.18. The van der Waals surface area contributed by atoms with Crippen molar-refractivity contribution in [2.75, 3.05) is 13.6 Å². The van der Waals surface area contributed by atoms with Crippen LogP contribution in [-0.4, -0.2) is 34.7 Å². The molecule has 1 aromatic rings. The highest BCUT2D eigenvalue weighted by Gasteiger charge is 2.05. The molecule has 1 rings (SSSR count). The van der Waals surface area contributed by atoms with Gasteiger partial charge in [-0.2, -0.15) is 0 Å². The van der Waals surface area contributed by atoms with Crippen LogP contribution >= 0.6 is 0 Å². The molecule has 3 nitrogen and oxygen atoms in total. The highest BCUT2D eigenvalue weighted by molar-refractivity contribution is 5.07. The fourth-order valence-corrected chi connectivity index (χ4v) is 1.36. The summed E-state index contributed by atoms with van der Waals surface area (Å²) < 4.78 is 0. The SMILES string of the molecule is CCC(O)CN(C)Cc1cccnc1. The number of aromatic nitrogens is 1. The summed E-state index contributed by atoms with van der Waals surface area (Å²) in [4.78, 5) is 6.15. The van der Waals surface area contributed by atoms with Gasteiger partial charge in [-0.15, -0.1) is 0 Å². The van der Waals surface area contributed by atoms with E-state index in [2.05, 4.69) is 9.88 Å². The summed E-state index contributed by atoms with van der Waals surface area (Å²) >= 11 is 0. The molecule has 78 valence electrons. The summed E-state index contributed by atoms with van der Waals surface area (Å²) in [6, 6.07) is 3.97. The maximum atomic E-state index is 9.45. The van der Waals surface area contributed by atoms with Gasteiger partial charge in [0.1, 0.15) is 0 Å². The Morgan fingerprint density at radius 1 is 1.57 bits per heavy atom. The molecule has 0 bridgehead atoms. The Labute approximate surface area is 85.4 Å². The van der Waals surface area contributed by atoms with E-state index in [9.17, 15) is 5.11 Å². The molecule has 1 atom stereocenters. The molecule has 0 amide bonds. The van der Waals surface area contributed by atoms with Gasteiger partial charge in [-0.25, -0.2) is 0 Å². The summed E-state index contributed by atoms with van der Waals surface area (Å²) in [6.07, 6.45) is 4.20. The lowest BCUT2D eigenvalue weighted by Gasteiger charge is -2.19. The van der Waals surface area contributed by atoms with Crippen LogP contribution in [0.3, 0.4) is 0 Å². The Hall–Kier alpha value is -0.930. The molecule has 0 spiro atoms. The minimum Gasteiger partial charge on any atom is -0.392 e. The van der Waals surface area contributed by atoms with E-state index in [-0.39, 0.29) is 6.10 Å². The minimum absolute atomic E-state index is 0.225. The van der Waals surface area contributed by atoms with Crippen molar-refractivity contribution in [1.29, 1.82) is 0 Å². The molecule has 1 N–H and O–H groups in total. The van der Waals surface area contributed by atoms with Gasteiger partial charge in [0.2, 0.25) is 0 Å². The molecule has 0 saturated carbocycles. The number of aliphatic hydroxyl groups excluding tert-OH is 1. The smallest absolute Gasteiger partial charge is 0.0664 e. The van der Waals surface area contributed by atoms with Crippen molar-refractivity contribution >= 4 is 0 Å². The highest BCUT2D eigenvalue weighted by atomic mass is 16.3. The molecule has 3 heteroatoms. The fraction of sp³-hybridized carbons (Fsp3) is 0.545. The van der Waals surface area contributed by atoms with Crippen molar-refractivity contribution in [3.63, 3.8) is 0 Å². The third-order valence-corrected chi connectivity index (χ3v) is 2.17. The molecule has 14 heavy (non-hydrogen) atoms. The quantitative estimate of drug-likeness (QED) is 0.767. The minimum atomic E-state index is -0.225. The molecule has 0 aliphatic heterocycles. The van der Waals surface area contributed by atoms with E-state index in [0.717, 1.165) is 13.0 Å². The number of rotatable bonds is 5. The van der Waals surface area contributed by atoms with Crippen LogP contribution in [0, 0.1) is 0 Å². The van der Waals surface area contributed by atoms with Crippen LogP contribution in [0.15, 0.2) is 24.5 Å². The maximum absolute atomic E-state index is 9.45. The van der Waals surface area contributed by atoms with E-state index in [1.807, 2.05) is 32.3 Å². The van der Waals surface area contributed by atoms with Crippen LogP contribution in [0.1, 0.15) is 18.9 Å². The first-order valence-corrected chi connectivity index (χ1v) is 4.98. The lowest BCUT2D eigenvalue weighted by Crippen LogP contribution is -2.28. The Kier molecular flexibility index (Phi) is 4.56. The van der Waals surface area contributed by atoms with Crippen LogP contribution in [0.25, 0.3) is 0 Å². The van der Waals surface area contributed by atoms with Gasteiger partial charge in [-0.3, -0.25) is 9.88 Å². The largest absolute Gasteiger partial charge is 0.392 e. The predicted molar refractivity (Wildman–Crippen MR) is 56.9 cm³/mol. The van der Waals surface area contributed by atoms with Crippen molar-refractivity contribution in [1.82, 2.24) is 9.88 Å². The number of hydrogen-bond acceptors (Lipinski definition) is 3. The number of pyridine rings is 1. The van der Waals surface area contributed by atoms with Crippen molar-refractivity contribution in [3.05, 3.63) is 30.1 Å². The Morgan fingerprint density at radius 2 is 2.36 bits per heavy atom. The van der Waals surface area contributed by atoms with E-state index < -0.39 is 0 Å². The molecule has 1 aromatic heterocycles. The second-order valence-electron chi connectivity index (χ2n) is 3.62. The van der Waals surface area contributed by atoms with Gasteiger partial charge < -0.3 is 5.11 Å². The van der Waals surface area contributed by atoms with Gasteiger partial charge in [-0.1, -0.05) is 13.0 Å². The molecular weight excluding hydrogens is 176 g/mol. The first-order chi connectivity index (χ1) is 6.72. The molecular formula is C11H18N2O. The zero-order chi connectivity index (χ0) is 10.4. The predicted octanol–water partition coefficient (Wildman–Crippen LogP) is 1.28. The Morgan fingerprint density at radius 3 is 2.93 bits per heavy atom. The molecule has 0 saturated heterocycles. The third-order valence-electron chi connectivity index (χ3n) is 2.17. The summed E-state index contributed by atoms with van der Waals surface area (Å²) in [7, 11) is 2.01. The van der Waals surface area contributed by atoms with Gasteiger partial charge in [-0.05, 0) is 25.1 Å². The first kappa shape index (κ1) is 11.1. The van der Waals surface area contributed by atoms with E-state index in [1.54, 1.807) is 6.20 Å². The van der Waals surface area contributed by atoms with Crippen LogP contribution in [-0.2, 0) is 6.54 Å². The molecule has 0 aromatic carbocycles.